The lowest BCUT2D eigenvalue weighted by Gasteiger charge is -2.18. The maximum Gasteiger partial charge on any atom is 0.330 e. The minimum absolute atomic E-state index is 0.0199. The lowest BCUT2D eigenvalue weighted by Crippen LogP contribution is -2.44. The number of pyridine rings is 1. The van der Waals surface area contributed by atoms with E-state index in [1.54, 1.807) is 49.4 Å². The molecule has 2 aromatic rings. The van der Waals surface area contributed by atoms with Crippen LogP contribution in [0.5, 0.6) is 0 Å². The number of hydrogen-bond donors (Lipinski definition) is 3. The maximum atomic E-state index is 13.1. The smallest absolute Gasteiger partial charge is 0.330 e. The molecule has 1 aromatic carbocycles. The molecule has 0 bridgehead atoms. The van der Waals surface area contributed by atoms with E-state index in [0.29, 0.717) is 24.4 Å². The van der Waals surface area contributed by atoms with Gasteiger partial charge in [0, 0.05) is 24.4 Å². The first-order chi connectivity index (χ1) is 18.2. The highest BCUT2D eigenvalue weighted by Gasteiger charge is 2.22. The van der Waals surface area contributed by atoms with Crippen molar-refractivity contribution in [2.75, 3.05) is 18.5 Å². The minimum atomic E-state index is -0.998. The van der Waals surface area contributed by atoms with Crippen molar-refractivity contribution in [2.24, 2.45) is 5.92 Å². The van der Waals surface area contributed by atoms with Crippen molar-refractivity contribution in [1.82, 2.24) is 15.2 Å². The van der Waals surface area contributed by atoms with Gasteiger partial charge in [0.15, 0.2) is 0 Å². The number of hydrogen-bond acceptors (Lipinski definition) is 6. The van der Waals surface area contributed by atoms with Crippen LogP contribution < -0.4 is 21.5 Å². The Balaban J connectivity index is 2.12. The normalized spacial score (nSPS) is 11.7. The molecule has 0 saturated carbocycles. The number of esters is 1. The third-order valence-electron chi connectivity index (χ3n) is 5.46. The molecule has 10 nitrogen and oxygen atoms in total. The van der Waals surface area contributed by atoms with Crippen LogP contribution in [0.25, 0.3) is 0 Å². The lowest BCUT2D eigenvalue weighted by molar-refractivity contribution is -0.137. The second-order valence-electron chi connectivity index (χ2n) is 9.00. The monoisotopic (exact) mass is 524 g/mol. The molecule has 0 aliphatic rings. The largest absolute Gasteiger partial charge is 0.463 e. The van der Waals surface area contributed by atoms with Gasteiger partial charge in [0.1, 0.15) is 18.3 Å². The molecule has 0 radical (unpaired) electrons. The van der Waals surface area contributed by atoms with Crippen LogP contribution in [-0.2, 0) is 25.7 Å². The van der Waals surface area contributed by atoms with Crippen LogP contribution >= 0.6 is 0 Å². The van der Waals surface area contributed by atoms with Gasteiger partial charge in [-0.3, -0.25) is 19.2 Å². The molecule has 0 aliphatic heterocycles. The average Bonchev–Trinajstić information content (AvgIpc) is 2.88. The summed E-state index contributed by atoms with van der Waals surface area (Å²) in [6.45, 7) is 6.37. The van der Waals surface area contributed by atoms with Gasteiger partial charge < -0.3 is 25.3 Å². The highest BCUT2D eigenvalue weighted by atomic mass is 16.5. The van der Waals surface area contributed by atoms with Crippen LogP contribution in [0.4, 0.5) is 5.69 Å². The van der Waals surface area contributed by atoms with E-state index >= 15 is 0 Å². The first-order valence-electron chi connectivity index (χ1n) is 12.7. The molecule has 0 saturated heterocycles. The summed E-state index contributed by atoms with van der Waals surface area (Å²) in [6, 6.07) is 10.4. The van der Waals surface area contributed by atoms with Crippen LogP contribution in [0.3, 0.4) is 0 Å². The number of rotatable bonds is 14. The Labute approximate surface area is 222 Å². The molecule has 1 atom stereocenters. The van der Waals surface area contributed by atoms with E-state index in [1.165, 1.54) is 22.9 Å². The molecule has 1 aromatic heterocycles. The Morgan fingerprint density at radius 2 is 1.76 bits per heavy atom. The standard InChI is InChI=1S/C28H36N4O6/c1-4-38-25(34)15-9-8-13-22(30-26(35)21-11-6-5-7-12-21)27(36)31-23-14-10-18-32(28(23)37)19-24(33)29-17-16-20(2)3/h5-7,9-12,14-15,18,20,22H,4,8,13,16-17,19H2,1-3H3,(H,29,33)(H,30,35)(H,31,36). The van der Waals surface area contributed by atoms with Gasteiger partial charge in [0.2, 0.25) is 11.8 Å². The summed E-state index contributed by atoms with van der Waals surface area (Å²) in [4.78, 5) is 62.5. The van der Waals surface area contributed by atoms with Crippen LogP contribution in [-0.4, -0.2) is 47.5 Å². The van der Waals surface area contributed by atoms with Gasteiger partial charge in [-0.2, -0.15) is 0 Å². The predicted molar refractivity (Wildman–Crippen MR) is 144 cm³/mol. The van der Waals surface area contributed by atoms with E-state index in [4.69, 9.17) is 4.74 Å². The van der Waals surface area contributed by atoms with E-state index in [-0.39, 0.29) is 31.2 Å². The van der Waals surface area contributed by atoms with E-state index in [2.05, 4.69) is 29.8 Å². The summed E-state index contributed by atoms with van der Waals surface area (Å²) in [5, 5.41) is 8.04. The SMILES string of the molecule is CCOC(=O)C=CCCC(NC(=O)c1ccccc1)C(=O)Nc1cccn(CC(=O)NCCC(C)C)c1=O. The average molecular weight is 525 g/mol. The molecule has 38 heavy (non-hydrogen) atoms. The first-order valence-corrected chi connectivity index (χ1v) is 12.7. The molecule has 2 rings (SSSR count). The zero-order valence-electron chi connectivity index (χ0n) is 22.1. The van der Waals surface area contributed by atoms with E-state index in [1.807, 2.05) is 0 Å². The van der Waals surface area contributed by atoms with E-state index in [9.17, 15) is 24.0 Å². The van der Waals surface area contributed by atoms with Crippen LogP contribution in [0.2, 0.25) is 0 Å². The highest BCUT2D eigenvalue weighted by Crippen LogP contribution is 2.07. The number of aromatic nitrogens is 1. The predicted octanol–water partition coefficient (Wildman–Crippen LogP) is 2.65. The molecular weight excluding hydrogens is 488 g/mol. The lowest BCUT2D eigenvalue weighted by atomic mass is 10.1. The summed E-state index contributed by atoms with van der Waals surface area (Å²) in [5.74, 6) is -1.43. The van der Waals surface area contributed by atoms with Crippen molar-refractivity contribution in [3.63, 3.8) is 0 Å². The van der Waals surface area contributed by atoms with Gasteiger partial charge in [0.25, 0.3) is 11.5 Å². The highest BCUT2D eigenvalue weighted by molar-refractivity contribution is 6.01. The fraction of sp³-hybridized carbons (Fsp3) is 0.393. The third kappa shape index (κ3) is 10.4. The Bertz CT molecular complexity index is 1170. The zero-order chi connectivity index (χ0) is 27.9. The topological polar surface area (TPSA) is 136 Å². The van der Waals surface area contributed by atoms with E-state index in [0.717, 1.165) is 6.42 Å². The van der Waals surface area contributed by atoms with Crippen molar-refractivity contribution in [3.05, 3.63) is 76.7 Å². The van der Waals surface area contributed by atoms with Crippen LogP contribution in [0.15, 0.2) is 65.6 Å². The molecule has 0 aliphatic carbocycles. The van der Waals surface area contributed by atoms with Gasteiger partial charge in [-0.1, -0.05) is 38.1 Å². The van der Waals surface area contributed by atoms with Crippen LogP contribution in [0.1, 0.15) is 50.4 Å². The number of anilines is 1. The van der Waals surface area contributed by atoms with Crippen LogP contribution in [0, 0.1) is 5.92 Å². The molecule has 10 heteroatoms. The molecule has 204 valence electrons. The summed E-state index contributed by atoms with van der Waals surface area (Å²) in [6.07, 6.45) is 5.57. The molecule has 0 spiro atoms. The fourth-order valence-corrected chi connectivity index (χ4v) is 3.42. The molecule has 3 amide bonds. The maximum absolute atomic E-state index is 13.1. The number of amides is 3. The zero-order valence-corrected chi connectivity index (χ0v) is 22.1. The van der Waals surface area contributed by atoms with Gasteiger partial charge in [-0.25, -0.2) is 4.79 Å². The number of allylic oxidation sites excluding steroid dienone is 1. The summed E-state index contributed by atoms with van der Waals surface area (Å²) in [7, 11) is 0. The van der Waals surface area contributed by atoms with E-state index < -0.39 is 29.4 Å². The van der Waals surface area contributed by atoms with Crippen molar-refractivity contribution in [1.29, 1.82) is 0 Å². The Kier molecular flexibility index (Phi) is 12.5. The Morgan fingerprint density at radius 1 is 1.03 bits per heavy atom. The fourth-order valence-electron chi connectivity index (χ4n) is 3.42. The quantitative estimate of drug-likeness (QED) is 0.257. The summed E-state index contributed by atoms with van der Waals surface area (Å²) >= 11 is 0. The van der Waals surface area contributed by atoms with Crippen molar-refractivity contribution < 1.29 is 23.9 Å². The number of ether oxygens (including phenoxy) is 1. The number of benzene rings is 1. The first kappa shape index (κ1) is 30.0. The summed E-state index contributed by atoms with van der Waals surface area (Å²) in [5.41, 5.74) is -0.193. The number of nitrogens with zero attached hydrogens (tertiary/aromatic N) is 1. The third-order valence-corrected chi connectivity index (χ3v) is 5.46. The number of nitrogens with one attached hydrogen (secondary N) is 3. The molecule has 1 unspecified atom stereocenters. The van der Waals surface area contributed by atoms with Gasteiger partial charge in [0.05, 0.1) is 6.61 Å². The van der Waals surface area contributed by atoms with Crippen molar-refractivity contribution in [2.45, 2.75) is 52.6 Å². The number of carbonyl (C=O) groups excluding carboxylic acids is 4. The Morgan fingerprint density at radius 3 is 2.45 bits per heavy atom. The Hall–Kier alpha value is -4.21. The second kappa shape index (κ2) is 15.8. The molecule has 1 heterocycles. The molecule has 0 fully saturated rings. The minimum Gasteiger partial charge on any atom is -0.463 e. The van der Waals surface area contributed by atoms with Crippen molar-refractivity contribution >= 4 is 29.4 Å². The number of carbonyl (C=O) groups is 4. The van der Waals surface area contributed by atoms with Gasteiger partial charge >= 0.3 is 5.97 Å². The van der Waals surface area contributed by atoms with Gasteiger partial charge in [-0.15, -0.1) is 0 Å². The second-order valence-corrected chi connectivity index (χ2v) is 9.00. The molecule has 3 N–H and O–H groups in total. The molecular formula is C28H36N4O6. The van der Waals surface area contributed by atoms with Crippen molar-refractivity contribution in [3.8, 4) is 0 Å². The van der Waals surface area contributed by atoms with Gasteiger partial charge in [-0.05, 0) is 56.4 Å². The summed E-state index contributed by atoms with van der Waals surface area (Å²) < 4.78 is 6.05.